The molecule has 0 saturated heterocycles. The maximum atomic E-state index is 12.9. The maximum absolute atomic E-state index is 12.9. The maximum Gasteiger partial charge on any atom is 0.365 e. The number of aryl methyl sites for hydroxylation is 1. The Morgan fingerprint density at radius 2 is 1.67 bits per heavy atom. The predicted octanol–water partition coefficient (Wildman–Crippen LogP) is 4.08. The van der Waals surface area contributed by atoms with Crippen molar-refractivity contribution in [3.8, 4) is 0 Å². The highest BCUT2D eigenvalue weighted by Crippen LogP contribution is 2.19. The Bertz CT molecular complexity index is 901. The fourth-order valence-electron chi connectivity index (χ4n) is 2.34. The molecule has 0 aliphatic heterocycles. The predicted molar refractivity (Wildman–Crippen MR) is 92.6 cm³/mol. The van der Waals surface area contributed by atoms with Gasteiger partial charge in [0.2, 0.25) is 0 Å². The SMILES string of the molecule is Cc1on(C(=O)N(Cc2ccccc2)c2ccccc2)c(=O)c1Cl. The van der Waals surface area contributed by atoms with Crippen LogP contribution in [0.25, 0.3) is 0 Å². The summed E-state index contributed by atoms with van der Waals surface area (Å²) in [7, 11) is 0. The van der Waals surface area contributed by atoms with E-state index in [4.69, 9.17) is 16.1 Å². The zero-order valence-electron chi connectivity index (χ0n) is 13.0. The van der Waals surface area contributed by atoms with Crippen molar-refractivity contribution in [3.63, 3.8) is 0 Å². The number of amides is 1. The summed E-state index contributed by atoms with van der Waals surface area (Å²) in [5, 5.41) is -0.0870. The standard InChI is InChI=1S/C18H15ClN2O3/c1-13-16(19)17(22)21(24-13)18(23)20(15-10-6-3-7-11-15)12-14-8-4-2-5-9-14/h2-11H,12H2,1H3. The molecule has 2 aromatic carbocycles. The van der Waals surface area contributed by atoms with Crippen LogP contribution in [0, 0.1) is 6.92 Å². The average Bonchev–Trinajstić information content (AvgIpc) is 2.88. The molecule has 0 unspecified atom stereocenters. The number of nitrogens with zero attached hydrogens (tertiary/aromatic N) is 2. The van der Waals surface area contributed by atoms with Crippen molar-refractivity contribution in [1.29, 1.82) is 0 Å². The van der Waals surface area contributed by atoms with E-state index in [0.717, 1.165) is 5.56 Å². The summed E-state index contributed by atoms with van der Waals surface area (Å²) in [6.07, 6.45) is 0. The molecule has 0 bridgehead atoms. The number of hydrogen-bond donors (Lipinski definition) is 0. The van der Waals surface area contributed by atoms with E-state index in [2.05, 4.69) is 0 Å². The van der Waals surface area contributed by atoms with Crippen LogP contribution in [0.4, 0.5) is 10.5 Å². The lowest BCUT2D eigenvalue weighted by Gasteiger charge is -2.22. The van der Waals surface area contributed by atoms with Gasteiger partial charge < -0.3 is 4.52 Å². The number of hydrogen-bond acceptors (Lipinski definition) is 3. The van der Waals surface area contributed by atoms with Crippen LogP contribution >= 0.6 is 11.6 Å². The number of aromatic nitrogens is 1. The molecule has 0 saturated carbocycles. The molecule has 3 aromatic rings. The summed E-state index contributed by atoms with van der Waals surface area (Å²) < 4.78 is 5.92. The minimum atomic E-state index is -0.659. The third-order valence-electron chi connectivity index (χ3n) is 3.57. The summed E-state index contributed by atoms with van der Waals surface area (Å²) in [6, 6.07) is 18.0. The fraction of sp³-hybridized carbons (Fsp3) is 0.111. The van der Waals surface area contributed by atoms with Crippen LogP contribution in [0.2, 0.25) is 5.02 Å². The summed E-state index contributed by atoms with van der Waals surface area (Å²) in [4.78, 5) is 26.4. The molecule has 122 valence electrons. The average molecular weight is 343 g/mol. The van der Waals surface area contributed by atoms with E-state index in [9.17, 15) is 9.59 Å². The Labute approximate surface area is 143 Å². The molecule has 0 aliphatic rings. The number of benzene rings is 2. The summed E-state index contributed by atoms with van der Waals surface area (Å²) in [5.41, 5.74) is 0.925. The van der Waals surface area contributed by atoms with Crippen molar-refractivity contribution < 1.29 is 9.32 Å². The summed E-state index contributed by atoms with van der Waals surface area (Å²) in [6.45, 7) is 1.84. The Balaban J connectivity index is 2.02. The minimum Gasteiger partial charge on any atom is -0.370 e. The number of carbonyl (C=O) groups is 1. The van der Waals surface area contributed by atoms with Crippen molar-refractivity contribution in [2.45, 2.75) is 13.5 Å². The van der Waals surface area contributed by atoms with Crippen molar-refractivity contribution >= 4 is 23.3 Å². The first kappa shape index (κ1) is 16.1. The number of carbonyl (C=O) groups excluding carboxylic acids is 1. The smallest absolute Gasteiger partial charge is 0.365 e. The van der Waals surface area contributed by atoms with Crippen molar-refractivity contribution in [2.24, 2.45) is 0 Å². The fourth-order valence-corrected chi connectivity index (χ4v) is 2.45. The quantitative estimate of drug-likeness (QED) is 0.720. The molecular weight excluding hydrogens is 328 g/mol. The molecule has 0 radical (unpaired) electrons. The van der Waals surface area contributed by atoms with Crippen LogP contribution < -0.4 is 10.5 Å². The third kappa shape index (κ3) is 3.12. The van der Waals surface area contributed by atoms with Crippen LogP contribution in [0.1, 0.15) is 11.3 Å². The zero-order chi connectivity index (χ0) is 17.1. The molecule has 1 amide bonds. The van der Waals surface area contributed by atoms with Gasteiger partial charge in [0.15, 0.2) is 5.76 Å². The summed E-state index contributed by atoms with van der Waals surface area (Å²) >= 11 is 5.86. The van der Waals surface area contributed by atoms with Crippen molar-refractivity contribution in [1.82, 2.24) is 4.74 Å². The van der Waals surface area contributed by atoms with Gasteiger partial charge in [-0.25, -0.2) is 4.79 Å². The van der Waals surface area contributed by atoms with E-state index in [-0.39, 0.29) is 10.8 Å². The zero-order valence-corrected chi connectivity index (χ0v) is 13.7. The highest BCUT2D eigenvalue weighted by atomic mass is 35.5. The van der Waals surface area contributed by atoms with E-state index < -0.39 is 11.6 Å². The number of halogens is 1. The van der Waals surface area contributed by atoms with Gasteiger partial charge >= 0.3 is 11.6 Å². The second-order valence-electron chi connectivity index (χ2n) is 5.25. The van der Waals surface area contributed by atoms with Crippen LogP contribution in [-0.2, 0) is 6.54 Å². The Kier molecular flexibility index (Phi) is 4.53. The van der Waals surface area contributed by atoms with Gasteiger partial charge in [-0.2, -0.15) is 0 Å². The van der Waals surface area contributed by atoms with Crippen LogP contribution in [0.5, 0.6) is 0 Å². The molecule has 0 N–H and O–H groups in total. The largest absolute Gasteiger partial charge is 0.370 e. The van der Waals surface area contributed by atoms with Gasteiger partial charge in [-0.15, -0.1) is 0 Å². The van der Waals surface area contributed by atoms with E-state index in [1.165, 1.54) is 11.8 Å². The summed E-state index contributed by atoms with van der Waals surface area (Å²) in [5.74, 6) is 0.211. The second-order valence-corrected chi connectivity index (χ2v) is 5.63. The van der Waals surface area contributed by atoms with E-state index in [0.29, 0.717) is 17.0 Å². The third-order valence-corrected chi connectivity index (χ3v) is 3.99. The molecule has 1 heterocycles. The highest BCUT2D eigenvalue weighted by Gasteiger charge is 2.24. The van der Waals surface area contributed by atoms with Gasteiger partial charge in [0, 0.05) is 5.69 Å². The monoisotopic (exact) mass is 342 g/mol. The molecule has 24 heavy (non-hydrogen) atoms. The molecule has 1 aromatic heterocycles. The second kappa shape index (κ2) is 6.76. The lowest BCUT2D eigenvalue weighted by molar-refractivity contribution is 0.211. The molecule has 3 rings (SSSR count). The van der Waals surface area contributed by atoms with Crippen LogP contribution in [0.3, 0.4) is 0 Å². The van der Waals surface area contributed by atoms with E-state index >= 15 is 0 Å². The molecule has 0 aliphatic carbocycles. The van der Waals surface area contributed by atoms with E-state index in [1.54, 1.807) is 12.1 Å². The van der Waals surface area contributed by atoms with Gasteiger partial charge in [-0.05, 0) is 24.6 Å². The first-order valence-corrected chi connectivity index (χ1v) is 7.75. The Morgan fingerprint density at radius 3 is 2.21 bits per heavy atom. The molecule has 0 fully saturated rings. The highest BCUT2D eigenvalue weighted by molar-refractivity contribution is 6.31. The topological polar surface area (TPSA) is 55.5 Å². The molecule has 0 spiro atoms. The molecular formula is C18H15ClN2O3. The van der Waals surface area contributed by atoms with Gasteiger partial charge in [-0.3, -0.25) is 9.69 Å². The van der Waals surface area contributed by atoms with Gasteiger partial charge in [0.1, 0.15) is 5.02 Å². The number of anilines is 1. The first-order valence-electron chi connectivity index (χ1n) is 7.37. The normalized spacial score (nSPS) is 10.6. The lowest BCUT2D eigenvalue weighted by Crippen LogP contribution is -2.38. The van der Waals surface area contributed by atoms with Crippen LogP contribution in [-0.4, -0.2) is 10.8 Å². The number of rotatable bonds is 3. The minimum absolute atomic E-state index is 0.0870. The number of para-hydroxylation sites is 1. The van der Waals surface area contributed by atoms with Crippen molar-refractivity contribution in [3.05, 3.63) is 87.4 Å². The van der Waals surface area contributed by atoms with Crippen LogP contribution in [0.15, 0.2) is 70.0 Å². The van der Waals surface area contributed by atoms with Gasteiger partial charge in [0.25, 0.3) is 0 Å². The lowest BCUT2D eigenvalue weighted by atomic mass is 10.2. The van der Waals surface area contributed by atoms with Crippen molar-refractivity contribution in [2.75, 3.05) is 4.90 Å². The first-order chi connectivity index (χ1) is 11.6. The van der Waals surface area contributed by atoms with E-state index in [1.807, 2.05) is 48.5 Å². The molecule has 5 nitrogen and oxygen atoms in total. The van der Waals surface area contributed by atoms with Gasteiger partial charge in [0.05, 0.1) is 6.54 Å². The Morgan fingerprint density at radius 1 is 1.08 bits per heavy atom. The van der Waals surface area contributed by atoms with Gasteiger partial charge in [-0.1, -0.05) is 64.9 Å². The molecule has 6 heteroatoms. The Hall–Kier alpha value is -2.79. The molecule has 0 atom stereocenters.